The lowest BCUT2D eigenvalue weighted by Crippen LogP contribution is -2.29. The van der Waals surface area contributed by atoms with Crippen LogP contribution in [-0.4, -0.2) is 29.1 Å². The van der Waals surface area contributed by atoms with Crippen LogP contribution in [0.25, 0.3) is 11.0 Å². The number of methoxy groups -OCH3 is 1. The van der Waals surface area contributed by atoms with Gasteiger partial charge in [-0.05, 0) is 38.0 Å². The second-order valence-electron chi connectivity index (χ2n) is 6.44. The summed E-state index contributed by atoms with van der Waals surface area (Å²) in [7, 11) is 1.57. The average Bonchev–Trinajstić information content (AvgIpc) is 3.17. The molecule has 0 unspecified atom stereocenters. The summed E-state index contributed by atoms with van der Waals surface area (Å²) in [6.07, 6.45) is 6.12. The van der Waals surface area contributed by atoms with Crippen LogP contribution in [-0.2, 0) is 17.8 Å². The first-order valence-electron chi connectivity index (χ1n) is 8.83. The molecule has 1 N–H and O–H groups in total. The lowest BCUT2D eigenvalue weighted by Gasteiger charge is -2.12. The van der Waals surface area contributed by atoms with Crippen LogP contribution in [0.15, 0.2) is 40.1 Å². The van der Waals surface area contributed by atoms with Gasteiger partial charge in [-0.25, -0.2) is 9.78 Å². The van der Waals surface area contributed by atoms with E-state index in [1.807, 2.05) is 36.7 Å². The van der Waals surface area contributed by atoms with E-state index >= 15 is 0 Å². The number of rotatable bonds is 7. The summed E-state index contributed by atoms with van der Waals surface area (Å²) in [5, 5.41) is 3.67. The van der Waals surface area contributed by atoms with Crippen LogP contribution in [0.3, 0.4) is 0 Å². The standard InChI is InChI=1S/C20H23N3O4/c1-13-15-5-6-17(26-3)14(2)19(15)27-20(25)16(13)11-18(24)22-7-4-9-23-10-8-21-12-23/h5-6,8,10,12H,4,7,9,11H2,1-3H3,(H,22,24). The number of aryl methyl sites for hydroxylation is 3. The Morgan fingerprint density at radius 2 is 2.11 bits per heavy atom. The van der Waals surface area contributed by atoms with Crippen molar-refractivity contribution >= 4 is 16.9 Å². The fourth-order valence-electron chi connectivity index (χ4n) is 3.13. The molecule has 2 heterocycles. The molecule has 0 aliphatic rings. The van der Waals surface area contributed by atoms with Crippen molar-refractivity contribution in [3.8, 4) is 5.75 Å². The number of hydrogen-bond acceptors (Lipinski definition) is 5. The third-order valence-corrected chi connectivity index (χ3v) is 4.69. The predicted octanol–water partition coefficient (Wildman–Crippen LogP) is 2.36. The van der Waals surface area contributed by atoms with Crippen molar-refractivity contribution in [1.82, 2.24) is 14.9 Å². The largest absolute Gasteiger partial charge is 0.496 e. The molecular formula is C20H23N3O4. The number of carbonyl (C=O) groups is 1. The number of benzene rings is 1. The van der Waals surface area contributed by atoms with Gasteiger partial charge in [0, 0.05) is 36.4 Å². The molecule has 0 saturated carbocycles. The van der Waals surface area contributed by atoms with E-state index in [1.54, 1.807) is 19.6 Å². The van der Waals surface area contributed by atoms with Gasteiger partial charge in [-0.15, -0.1) is 0 Å². The second kappa shape index (κ2) is 8.07. The first-order valence-corrected chi connectivity index (χ1v) is 8.83. The van der Waals surface area contributed by atoms with Crippen LogP contribution < -0.4 is 15.7 Å². The summed E-state index contributed by atoms with van der Waals surface area (Å²) < 4.78 is 12.7. The summed E-state index contributed by atoms with van der Waals surface area (Å²) in [6, 6.07) is 3.69. The number of hydrogen-bond donors (Lipinski definition) is 1. The fraction of sp³-hybridized carbons (Fsp3) is 0.350. The highest BCUT2D eigenvalue weighted by molar-refractivity contribution is 5.87. The molecule has 1 amide bonds. The van der Waals surface area contributed by atoms with Gasteiger partial charge in [0.1, 0.15) is 11.3 Å². The van der Waals surface area contributed by atoms with Gasteiger partial charge < -0.3 is 19.0 Å². The summed E-state index contributed by atoms with van der Waals surface area (Å²) in [4.78, 5) is 28.7. The molecule has 0 aliphatic heterocycles. The van der Waals surface area contributed by atoms with Crippen molar-refractivity contribution in [3.63, 3.8) is 0 Å². The molecule has 1 aromatic carbocycles. The highest BCUT2D eigenvalue weighted by Gasteiger charge is 2.17. The number of aromatic nitrogens is 2. The molecule has 2 aromatic heterocycles. The molecule has 0 spiro atoms. The van der Waals surface area contributed by atoms with Gasteiger partial charge in [-0.2, -0.15) is 0 Å². The van der Waals surface area contributed by atoms with E-state index in [1.165, 1.54) is 0 Å². The lowest BCUT2D eigenvalue weighted by atomic mass is 10.0. The predicted molar refractivity (Wildman–Crippen MR) is 102 cm³/mol. The lowest BCUT2D eigenvalue weighted by molar-refractivity contribution is -0.120. The first kappa shape index (κ1) is 18.7. The molecule has 0 aliphatic carbocycles. The van der Waals surface area contributed by atoms with Gasteiger partial charge in [0.15, 0.2) is 0 Å². The zero-order chi connectivity index (χ0) is 19.4. The Labute approximate surface area is 157 Å². The smallest absolute Gasteiger partial charge is 0.340 e. The van der Waals surface area contributed by atoms with Gasteiger partial charge >= 0.3 is 5.63 Å². The van der Waals surface area contributed by atoms with Crippen LogP contribution in [0.4, 0.5) is 0 Å². The van der Waals surface area contributed by atoms with Gasteiger partial charge in [-0.3, -0.25) is 4.79 Å². The molecule has 0 bridgehead atoms. The Hall–Kier alpha value is -3.09. The monoisotopic (exact) mass is 369 g/mol. The molecule has 27 heavy (non-hydrogen) atoms. The highest BCUT2D eigenvalue weighted by Crippen LogP contribution is 2.29. The van der Waals surface area contributed by atoms with Crippen LogP contribution in [0.2, 0.25) is 0 Å². The Morgan fingerprint density at radius 1 is 1.30 bits per heavy atom. The maximum Gasteiger partial charge on any atom is 0.340 e. The zero-order valence-corrected chi connectivity index (χ0v) is 15.7. The molecule has 7 nitrogen and oxygen atoms in total. The Bertz CT molecular complexity index is 1010. The first-order chi connectivity index (χ1) is 13.0. The molecule has 3 aromatic rings. The van der Waals surface area contributed by atoms with Crippen molar-refractivity contribution in [1.29, 1.82) is 0 Å². The Balaban J connectivity index is 1.70. The Morgan fingerprint density at radius 3 is 2.81 bits per heavy atom. The van der Waals surface area contributed by atoms with Crippen molar-refractivity contribution in [2.75, 3.05) is 13.7 Å². The van der Waals surface area contributed by atoms with E-state index in [0.29, 0.717) is 23.4 Å². The summed E-state index contributed by atoms with van der Waals surface area (Å²) in [6.45, 7) is 4.99. The number of imidazole rings is 1. The molecule has 7 heteroatoms. The second-order valence-corrected chi connectivity index (χ2v) is 6.44. The van der Waals surface area contributed by atoms with E-state index in [2.05, 4.69) is 10.3 Å². The summed E-state index contributed by atoms with van der Waals surface area (Å²) in [5.74, 6) is 0.467. The van der Waals surface area contributed by atoms with Crippen LogP contribution in [0, 0.1) is 13.8 Å². The molecule has 0 radical (unpaired) electrons. The van der Waals surface area contributed by atoms with Crippen LogP contribution in [0.1, 0.15) is 23.1 Å². The van der Waals surface area contributed by atoms with E-state index in [0.717, 1.165) is 29.5 Å². The number of carbonyl (C=O) groups excluding carboxylic acids is 1. The van der Waals surface area contributed by atoms with E-state index < -0.39 is 5.63 Å². The molecule has 142 valence electrons. The highest BCUT2D eigenvalue weighted by atomic mass is 16.5. The minimum atomic E-state index is -0.482. The van der Waals surface area contributed by atoms with Crippen molar-refractivity contribution in [3.05, 3.63) is 58.0 Å². The normalized spacial score (nSPS) is 10.9. The third kappa shape index (κ3) is 4.02. The maximum absolute atomic E-state index is 12.4. The number of amides is 1. The average molecular weight is 369 g/mol. The topological polar surface area (TPSA) is 86.4 Å². The van der Waals surface area contributed by atoms with Crippen molar-refractivity contribution in [2.45, 2.75) is 33.2 Å². The molecule has 0 fully saturated rings. The van der Waals surface area contributed by atoms with Crippen molar-refractivity contribution < 1.29 is 13.9 Å². The Kier molecular flexibility index (Phi) is 5.59. The maximum atomic E-state index is 12.4. The zero-order valence-electron chi connectivity index (χ0n) is 15.7. The van der Waals surface area contributed by atoms with Gasteiger partial charge in [0.2, 0.25) is 5.91 Å². The van der Waals surface area contributed by atoms with Crippen molar-refractivity contribution in [2.24, 2.45) is 0 Å². The minimum absolute atomic E-state index is 0.000257. The third-order valence-electron chi connectivity index (χ3n) is 4.69. The summed E-state index contributed by atoms with van der Waals surface area (Å²) in [5.41, 5.74) is 1.94. The number of ether oxygens (including phenoxy) is 1. The minimum Gasteiger partial charge on any atom is -0.496 e. The SMILES string of the molecule is COc1ccc2c(C)c(CC(=O)NCCCn3ccnc3)c(=O)oc2c1C. The fourth-order valence-corrected chi connectivity index (χ4v) is 3.13. The molecule has 0 atom stereocenters. The quantitative estimate of drug-likeness (QED) is 0.510. The van der Waals surface area contributed by atoms with Crippen LogP contribution in [0.5, 0.6) is 5.75 Å². The van der Waals surface area contributed by atoms with E-state index in [9.17, 15) is 9.59 Å². The summed E-state index contributed by atoms with van der Waals surface area (Å²) >= 11 is 0. The van der Waals surface area contributed by atoms with Gasteiger partial charge in [-0.1, -0.05) is 0 Å². The van der Waals surface area contributed by atoms with E-state index in [-0.39, 0.29) is 12.3 Å². The number of fused-ring (bicyclic) bond motifs is 1. The van der Waals surface area contributed by atoms with Crippen LogP contribution >= 0.6 is 0 Å². The molecule has 3 rings (SSSR count). The van der Waals surface area contributed by atoms with Gasteiger partial charge in [0.25, 0.3) is 0 Å². The molecule has 0 saturated heterocycles. The molecular weight excluding hydrogens is 346 g/mol. The number of nitrogens with zero attached hydrogens (tertiary/aromatic N) is 2. The number of nitrogens with one attached hydrogen (secondary N) is 1. The van der Waals surface area contributed by atoms with E-state index in [4.69, 9.17) is 9.15 Å². The van der Waals surface area contributed by atoms with Gasteiger partial charge in [0.05, 0.1) is 25.4 Å².